The molecule has 2 rings (SSSR count). The Bertz CT molecular complexity index is 632. The molecule has 1 amide bonds. The molecule has 0 saturated heterocycles. The van der Waals surface area contributed by atoms with E-state index in [4.69, 9.17) is 4.74 Å². The van der Waals surface area contributed by atoms with E-state index in [0.29, 0.717) is 29.4 Å². The maximum absolute atomic E-state index is 12.1. The molecule has 0 atom stereocenters. The zero-order chi connectivity index (χ0) is 14.5. The Morgan fingerprint density at radius 1 is 1.15 bits per heavy atom. The fourth-order valence-electron chi connectivity index (χ4n) is 1.77. The molecule has 104 valence electrons. The van der Waals surface area contributed by atoms with Crippen LogP contribution in [0.1, 0.15) is 34.8 Å². The predicted molar refractivity (Wildman–Crippen MR) is 76.4 cm³/mol. The molecule has 0 radical (unpaired) electrons. The van der Waals surface area contributed by atoms with E-state index in [2.05, 4.69) is 10.3 Å². The monoisotopic (exact) mass is 272 g/mol. The van der Waals surface area contributed by atoms with E-state index in [1.165, 1.54) is 6.92 Å². The van der Waals surface area contributed by atoms with Crippen LogP contribution in [0.15, 0.2) is 36.4 Å². The second-order valence-corrected chi connectivity index (χ2v) is 4.23. The highest BCUT2D eigenvalue weighted by atomic mass is 16.5. The standard InChI is InChI=1S/C15H16N2O3/c1-3-20-14-7-5-4-6-12(14)17-15(19)13-9-8-11(16-13)10(2)18/h4-9,16H,3H2,1-2H3,(H,17,19). The molecule has 5 heteroatoms. The largest absolute Gasteiger partial charge is 0.492 e. The van der Waals surface area contributed by atoms with Crippen LogP contribution >= 0.6 is 0 Å². The van der Waals surface area contributed by atoms with E-state index in [1.54, 1.807) is 24.3 Å². The van der Waals surface area contributed by atoms with Gasteiger partial charge in [0.15, 0.2) is 5.78 Å². The number of carbonyl (C=O) groups is 2. The first-order chi connectivity index (χ1) is 9.61. The summed E-state index contributed by atoms with van der Waals surface area (Å²) >= 11 is 0. The van der Waals surface area contributed by atoms with Crippen molar-refractivity contribution in [2.24, 2.45) is 0 Å². The highest BCUT2D eigenvalue weighted by Gasteiger charge is 2.12. The van der Waals surface area contributed by atoms with Gasteiger partial charge >= 0.3 is 0 Å². The number of amides is 1. The third kappa shape index (κ3) is 3.06. The van der Waals surface area contributed by atoms with E-state index in [0.717, 1.165) is 0 Å². The summed E-state index contributed by atoms with van der Waals surface area (Å²) in [5, 5.41) is 2.76. The number of Topliss-reactive ketones (excluding diaryl/α,β-unsaturated/α-hetero) is 1. The van der Waals surface area contributed by atoms with Crippen LogP contribution in [-0.4, -0.2) is 23.3 Å². The molecule has 0 saturated carbocycles. The quantitative estimate of drug-likeness (QED) is 0.822. The molecule has 0 fully saturated rings. The third-order valence-corrected chi connectivity index (χ3v) is 2.75. The summed E-state index contributed by atoms with van der Waals surface area (Å²) in [5.41, 5.74) is 1.34. The van der Waals surface area contributed by atoms with Crippen LogP contribution in [0.4, 0.5) is 5.69 Å². The molecule has 1 aromatic heterocycles. The Balaban J connectivity index is 2.16. The number of aromatic amines is 1. The average Bonchev–Trinajstić information content (AvgIpc) is 2.91. The van der Waals surface area contributed by atoms with Gasteiger partial charge in [-0.3, -0.25) is 9.59 Å². The molecule has 20 heavy (non-hydrogen) atoms. The second kappa shape index (κ2) is 6.06. The molecule has 0 aliphatic rings. The van der Waals surface area contributed by atoms with Gasteiger partial charge in [-0.25, -0.2) is 0 Å². The van der Waals surface area contributed by atoms with Gasteiger partial charge < -0.3 is 15.0 Å². The molecular formula is C15H16N2O3. The van der Waals surface area contributed by atoms with Gasteiger partial charge in [-0.2, -0.15) is 0 Å². The summed E-state index contributed by atoms with van der Waals surface area (Å²) in [6.45, 7) is 3.84. The van der Waals surface area contributed by atoms with Crippen LogP contribution in [0, 0.1) is 0 Å². The molecule has 0 aliphatic heterocycles. The Morgan fingerprint density at radius 3 is 2.50 bits per heavy atom. The number of ketones is 1. The van der Waals surface area contributed by atoms with Crippen LogP contribution in [-0.2, 0) is 0 Å². The molecule has 0 spiro atoms. The van der Waals surface area contributed by atoms with Gasteiger partial charge in [-0.15, -0.1) is 0 Å². The van der Waals surface area contributed by atoms with Crippen molar-refractivity contribution in [3.63, 3.8) is 0 Å². The maximum Gasteiger partial charge on any atom is 0.272 e. The number of anilines is 1. The maximum atomic E-state index is 12.1. The van der Waals surface area contributed by atoms with Gasteiger partial charge in [-0.05, 0) is 31.2 Å². The minimum Gasteiger partial charge on any atom is -0.492 e. The summed E-state index contributed by atoms with van der Waals surface area (Å²) in [7, 11) is 0. The lowest BCUT2D eigenvalue weighted by Gasteiger charge is -2.10. The van der Waals surface area contributed by atoms with Crippen LogP contribution in [0.5, 0.6) is 5.75 Å². The van der Waals surface area contributed by atoms with E-state index >= 15 is 0 Å². The van der Waals surface area contributed by atoms with Crippen LogP contribution in [0.25, 0.3) is 0 Å². The molecular weight excluding hydrogens is 256 g/mol. The zero-order valence-corrected chi connectivity index (χ0v) is 11.4. The lowest BCUT2D eigenvalue weighted by molar-refractivity contribution is 0.101. The van der Waals surface area contributed by atoms with Gasteiger partial charge in [0.25, 0.3) is 5.91 Å². The lowest BCUT2D eigenvalue weighted by Crippen LogP contribution is -2.13. The number of hydrogen-bond acceptors (Lipinski definition) is 3. The fraction of sp³-hybridized carbons (Fsp3) is 0.200. The van der Waals surface area contributed by atoms with Gasteiger partial charge in [-0.1, -0.05) is 12.1 Å². The summed E-state index contributed by atoms with van der Waals surface area (Å²) in [4.78, 5) is 26.1. The second-order valence-electron chi connectivity index (χ2n) is 4.23. The number of hydrogen-bond donors (Lipinski definition) is 2. The zero-order valence-electron chi connectivity index (χ0n) is 11.4. The highest BCUT2D eigenvalue weighted by Crippen LogP contribution is 2.24. The molecule has 5 nitrogen and oxygen atoms in total. The number of para-hydroxylation sites is 2. The van der Waals surface area contributed by atoms with E-state index < -0.39 is 0 Å². The minimum atomic E-state index is -0.315. The third-order valence-electron chi connectivity index (χ3n) is 2.75. The smallest absolute Gasteiger partial charge is 0.272 e. The fourth-order valence-corrected chi connectivity index (χ4v) is 1.77. The van der Waals surface area contributed by atoms with Crippen molar-refractivity contribution in [1.29, 1.82) is 0 Å². The van der Waals surface area contributed by atoms with Crippen molar-refractivity contribution in [2.75, 3.05) is 11.9 Å². The molecule has 0 bridgehead atoms. The lowest BCUT2D eigenvalue weighted by atomic mass is 10.3. The van der Waals surface area contributed by atoms with Crippen molar-refractivity contribution in [1.82, 2.24) is 4.98 Å². The Kier molecular flexibility index (Phi) is 4.20. The summed E-state index contributed by atoms with van der Waals surface area (Å²) in [6.07, 6.45) is 0. The van der Waals surface area contributed by atoms with Crippen LogP contribution < -0.4 is 10.1 Å². The Labute approximate surface area is 117 Å². The summed E-state index contributed by atoms with van der Waals surface area (Å²) in [6, 6.07) is 10.4. The number of carbonyl (C=O) groups excluding carboxylic acids is 2. The summed E-state index contributed by atoms with van der Waals surface area (Å²) < 4.78 is 5.44. The van der Waals surface area contributed by atoms with E-state index in [1.807, 2.05) is 19.1 Å². The Morgan fingerprint density at radius 2 is 1.85 bits per heavy atom. The molecule has 2 N–H and O–H groups in total. The Hall–Kier alpha value is -2.56. The molecule has 1 aromatic carbocycles. The van der Waals surface area contributed by atoms with Crippen LogP contribution in [0.2, 0.25) is 0 Å². The van der Waals surface area contributed by atoms with Crippen molar-refractivity contribution in [3.05, 3.63) is 47.8 Å². The van der Waals surface area contributed by atoms with E-state index in [-0.39, 0.29) is 11.7 Å². The molecule has 0 aliphatic carbocycles. The van der Waals surface area contributed by atoms with E-state index in [9.17, 15) is 9.59 Å². The van der Waals surface area contributed by atoms with Crippen molar-refractivity contribution >= 4 is 17.4 Å². The van der Waals surface area contributed by atoms with Gasteiger partial charge in [0, 0.05) is 6.92 Å². The summed E-state index contributed by atoms with van der Waals surface area (Å²) in [5.74, 6) is 0.185. The number of ether oxygens (including phenoxy) is 1. The number of aromatic nitrogens is 1. The molecule has 1 heterocycles. The SMILES string of the molecule is CCOc1ccccc1NC(=O)c1ccc(C(C)=O)[nH]1. The van der Waals surface area contributed by atoms with Crippen molar-refractivity contribution in [2.45, 2.75) is 13.8 Å². The first kappa shape index (κ1) is 13.9. The first-order valence-electron chi connectivity index (χ1n) is 6.35. The number of rotatable bonds is 5. The van der Waals surface area contributed by atoms with Gasteiger partial charge in [0.05, 0.1) is 18.0 Å². The molecule has 2 aromatic rings. The number of benzene rings is 1. The van der Waals surface area contributed by atoms with Gasteiger partial charge in [0.2, 0.25) is 0 Å². The number of nitrogens with one attached hydrogen (secondary N) is 2. The van der Waals surface area contributed by atoms with Crippen LogP contribution in [0.3, 0.4) is 0 Å². The van der Waals surface area contributed by atoms with Crippen molar-refractivity contribution in [3.8, 4) is 5.75 Å². The highest BCUT2D eigenvalue weighted by molar-refractivity contribution is 6.05. The minimum absolute atomic E-state index is 0.112. The molecule has 0 unspecified atom stereocenters. The average molecular weight is 272 g/mol. The van der Waals surface area contributed by atoms with Gasteiger partial charge in [0.1, 0.15) is 11.4 Å². The topological polar surface area (TPSA) is 71.2 Å². The normalized spacial score (nSPS) is 10.1. The predicted octanol–water partition coefficient (Wildman–Crippen LogP) is 2.87. The number of H-pyrrole nitrogens is 1. The van der Waals surface area contributed by atoms with Crippen molar-refractivity contribution < 1.29 is 14.3 Å². The first-order valence-corrected chi connectivity index (χ1v) is 6.35.